The van der Waals surface area contributed by atoms with Crippen molar-refractivity contribution in [2.24, 2.45) is 0 Å². The molecule has 1 aliphatic rings. The fourth-order valence-electron chi connectivity index (χ4n) is 3.56. The second kappa shape index (κ2) is 10.00. The smallest absolute Gasteiger partial charge is 0.194 e. The van der Waals surface area contributed by atoms with Crippen LogP contribution in [0.2, 0.25) is 5.02 Å². The van der Waals surface area contributed by atoms with E-state index in [1.807, 2.05) is 12.1 Å². The van der Waals surface area contributed by atoms with E-state index in [1.165, 1.54) is 18.0 Å². The SMILES string of the molecule is OCC1O[C@H](SCc2ccccc2Cl)C(O)[C@@H](n2cc(-c3cc(F)c(F)c(F)c3)nn2)[C@H]1O. The van der Waals surface area contributed by atoms with E-state index in [1.54, 1.807) is 12.1 Å². The Morgan fingerprint density at radius 1 is 1.09 bits per heavy atom. The molecule has 2 unspecified atom stereocenters. The van der Waals surface area contributed by atoms with Gasteiger partial charge < -0.3 is 20.1 Å². The van der Waals surface area contributed by atoms with Crippen molar-refractivity contribution < 1.29 is 33.2 Å². The van der Waals surface area contributed by atoms with Crippen LogP contribution in [0.3, 0.4) is 0 Å². The van der Waals surface area contributed by atoms with Crippen LogP contribution in [0.1, 0.15) is 11.6 Å². The lowest BCUT2D eigenvalue weighted by Gasteiger charge is -2.41. The largest absolute Gasteiger partial charge is 0.394 e. The maximum Gasteiger partial charge on any atom is 0.194 e. The molecule has 4 rings (SSSR count). The topological polar surface area (TPSA) is 101 Å². The molecule has 1 aromatic heterocycles. The number of halogens is 4. The molecule has 2 heterocycles. The highest BCUT2D eigenvalue weighted by Crippen LogP contribution is 2.37. The molecule has 0 bridgehead atoms. The Balaban J connectivity index is 1.58. The zero-order chi connectivity index (χ0) is 23.7. The number of ether oxygens (including phenoxy) is 1. The molecule has 1 fully saturated rings. The fraction of sp³-hybridized carbons (Fsp3) is 0.333. The van der Waals surface area contributed by atoms with Gasteiger partial charge in [0.1, 0.15) is 35.5 Å². The van der Waals surface area contributed by atoms with Crippen molar-refractivity contribution in [2.75, 3.05) is 6.61 Å². The number of aromatic nitrogens is 3. The maximum absolute atomic E-state index is 13.6. The molecule has 7 nitrogen and oxygen atoms in total. The molecular formula is C21H19ClF3N3O4S. The lowest BCUT2D eigenvalue weighted by Crippen LogP contribution is -2.55. The van der Waals surface area contributed by atoms with E-state index in [9.17, 15) is 28.5 Å². The second-order valence-corrected chi connectivity index (χ2v) is 8.93. The van der Waals surface area contributed by atoms with Crippen molar-refractivity contribution in [1.82, 2.24) is 15.0 Å². The Kier molecular flexibility index (Phi) is 7.27. The molecule has 3 N–H and O–H groups in total. The van der Waals surface area contributed by atoms with Crippen LogP contribution >= 0.6 is 23.4 Å². The maximum atomic E-state index is 13.6. The molecule has 1 aliphatic heterocycles. The molecule has 3 aromatic rings. The normalized spacial score (nSPS) is 25.4. The van der Waals surface area contributed by atoms with Crippen molar-refractivity contribution >= 4 is 23.4 Å². The van der Waals surface area contributed by atoms with Gasteiger partial charge in [0.2, 0.25) is 0 Å². The summed E-state index contributed by atoms with van der Waals surface area (Å²) < 4.78 is 47.3. The van der Waals surface area contributed by atoms with Crippen molar-refractivity contribution in [3.05, 3.63) is 70.6 Å². The van der Waals surface area contributed by atoms with Crippen LogP contribution in [0.4, 0.5) is 13.2 Å². The molecule has 5 atom stereocenters. The van der Waals surface area contributed by atoms with Gasteiger partial charge in [-0.05, 0) is 23.8 Å². The van der Waals surface area contributed by atoms with Crippen LogP contribution in [0.5, 0.6) is 0 Å². The monoisotopic (exact) mass is 501 g/mol. The van der Waals surface area contributed by atoms with E-state index < -0.39 is 53.8 Å². The van der Waals surface area contributed by atoms with Crippen LogP contribution in [-0.2, 0) is 10.5 Å². The lowest BCUT2D eigenvalue weighted by atomic mass is 9.97. The van der Waals surface area contributed by atoms with E-state index in [0.717, 1.165) is 22.4 Å². The quantitative estimate of drug-likeness (QED) is 0.446. The van der Waals surface area contributed by atoms with Crippen LogP contribution in [0.15, 0.2) is 42.6 Å². The highest BCUT2D eigenvalue weighted by Gasteiger charge is 2.46. The van der Waals surface area contributed by atoms with Crippen molar-refractivity contribution in [3.8, 4) is 11.3 Å². The Bertz CT molecular complexity index is 1110. The van der Waals surface area contributed by atoms with Gasteiger partial charge in [-0.15, -0.1) is 16.9 Å². The number of aliphatic hydroxyl groups is 3. The number of aliphatic hydroxyl groups excluding tert-OH is 3. The van der Waals surface area contributed by atoms with Gasteiger partial charge in [0.05, 0.1) is 12.8 Å². The highest BCUT2D eigenvalue weighted by molar-refractivity contribution is 7.99. The summed E-state index contributed by atoms with van der Waals surface area (Å²) in [4.78, 5) is 0. The van der Waals surface area contributed by atoms with Gasteiger partial charge in [-0.25, -0.2) is 17.9 Å². The second-order valence-electron chi connectivity index (χ2n) is 7.44. The molecule has 33 heavy (non-hydrogen) atoms. The Labute approximate surface area is 195 Å². The first-order valence-electron chi connectivity index (χ1n) is 9.84. The average molecular weight is 502 g/mol. The standard InChI is InChI=1S/C21H19ClF3N3O4S/c22-12-4-2-1-3-10(12)9-33-21-20(31)18(19(30)16(8-29)32-21)28-7-15(26-27-28)11-5-13(23)17(25)14(24)6-11/h1-7,16,18-21,29-31H,8-9H2/t16?,18-,19-,20?,21+/m0/s1. The van der Waals surface area contributed by atoms with E-state index in [0.29, 0.717) is 10.8 Å². The molecule has 12 heteroatoms. The van der Waals surface area contributed by atoms with Gasteiger partial charge in [-0.2, -0.15) is 0 Å². The van der Waals surface area contributed by atoms with E-state index in [2.05, 4.69) is 10.3 Å². The van der Waals surface area contributed by atoms with Gasteiger partial charge in [-0.1, -0.05) is 35.0 Å². The number of hydrogen-bond acceptors (Lipinski definition) is 7. The Morgan fingerprint density at radius 2 is 1.79 bits per heavy atom. The number of rotatable bonds is 6. The molecular weight excluding hydrogens is 483 g/mol. The van der Waals surface area contributed by atoms with Gasteiger partial charge in [0.15, 0.2) is 17.5 Å². The fourth-order valence-corrected chi connectivity index (χ4v) is 5.02. The molecule has 0 saturated carbocycles. The molecule has 0 amide bonds. The number of thioether (sulfide) groups is 1. The van der Waals surface area contributed by atoms with E-state index in [4.69, 9.17) is 16.3 Å². The van der Waals surface area contributed by atoms with E-state index >= 15 is 0 Å². The van der Waals surface area contributed by atoms with Crippen LogP contribution < -0.4 is 0 Å². The summed E-state index contributed by atoms with van der Waals surface area (Å²) in [5.74, 6) is -3.99. The van der Waals surface area contributed by atoms with Crippen molar-refractivity contribution in [1.29, 1.82) is 0 Å². The summed E-state index contributed by atoms with van der Waals surface area (Å²) >= 11 is 7.40. The van der Waals surface area contributed by atoms with Crippen LogP contribution in [0, 0.1) is 17.5 Å². The van der Waals surface area contributed by atoms with Crippen molar-refractivity contribution in [3.63, 3.8) is 0 Å². The Morgan fingerprint density at radius 3 is 2.45 bits per heavy atom. The average Bonchev–Trinajstić information content (AvgIpc) is 3.27. The highest BCUT2D eigenvalue weighted by atomic mass is 35.5. The Hall–Kier alpha value is -2.15. The molecule has 176 valence electrons. The zero-order valence-electron chi connectivity index (χ0n) is 16.9. The van der Waals surface area contributed by atoms with Gasteiger partial charge in [0, 0.05) is 16.3 Å². The predicted octanol–water partition coefficient (Wildman–Crippen LogP) is 2.93. The molecule has 0 aliphatic carbocycles. The first kappa shape index (κ1) is 24.0. The minimum absolute atomic E-state index is 0.000453. The lowest BCUT2D eigenvalue weighted by molar-refractivity contribution is -0.178. The number of benzene rings is 2. The summed E-state index contributed by atoms with van der Waals surface area (Å²) in [5, 5.41) is 39.5. The summed E-state index contributed by atoms with van der Waals surface area (Å²) in [5.41, 5.74) is -0.122. The van der Waals surface area contributed by atoms with Crippen molar-refractivity contribution in [2.45, 2.75) is 35.5 Å². The van der Waals surface area contributed by atoms with Gasteiger partial charge in [-0.3, -0.25) is 0 Å². The van der Waals surface area contributed by atoms with Crippen LogP contribution in [0.25, 0.3) is 11.3 Å². The van der Waals surface area contributed by atoms with Crippen LogP contribution in [-0.4, -0.2) is 60.7 Å². The third-order valence-electron chi connectivity index (χ3n) is 5.30. The third kappa shape index (κ3) is 4.88. The van der Waals surface area contributed by atoms with Gasteiger partial charge >= 0.3 is 0 Å². The zero-order valence-corrected chi connectivity index (χ0v) is 18.4. The van der Waals surface area contributed by atoms with E-state index in [-0.39, 0.29) is 11.3 Å². The summed E-state index contributed by atoms with van der Waals surface area (Å²) in [6.07, 6.45) is -2.42. The molecule has 2 aromatic carbocycles. The minimum atomic E-state index is -1.61. The molecule has 0 radical (unpaired) electrons. The first-order chi connectivity index (χ1) is 15.8. The molecule has 0 spiro atoms. The molecule has 1 saturated heterocycles. The minimum Gasteiger partial charge on any atom is -0.394 e. The van der Waals surface area contributed by atoms with Gasteiger partial charge in [0.25, 0.3) is 0 Å². The first-order valence-corrected chi connectivity index (χ1v) is 11.3. The summed E-state index contributed by atoms with van der Waals surface area (Å²) in [6.45, 7) is -0.524. The summed E-state index contributed by atoms with van der Waals surface area (Å²) in [7, 11) is 0. The number of hydrogen-bond donors (Lipinski definition) is 3. The third-order valence-corrected chi connectivity index (χ3v) is 6.87. The summed E-state index contributed by atoms with van der Waals surface area (Å²) in [6, 6.07) is 7.61. The predicted molar refractivity (Wildman–Crippen MR) is 115 cm³/mol. The number of nitrogens with zero attached hydrogens (tertiary/aromatic N) is 3.